The summed E-state index contributed by atoms with van der Waals surface area (Å²) in [4.78, 5) is 24.9. The molecule has 0 spiro atoms. The zero-order valence-electron chi connectivity index (χ0n) is 14.5. The molecule has 0 bridgehead atoms. The van der Waals surface area contributed by atoms with Gasteiger partial charge in [0.15, 0.2) is 0 Å². The maximum atomic E-state index is 12.7. The van der Waals surface area contributed by atoms with Crippen molar-refractivity contribution in [3.63, 3.8) is 0 Å². The molecule has 0 aliphatic heterocycles. The van der Waals surface area contributed by atoms with Crippen LogP contribution in [0.4, 0.5) is 0 Å². The molecule has 2 aromatic carbocycles. The van der Waals surface area contributed by atoms with Crippen LogP contribution in [0.5, 0.6) is 5.75 Å². The zero-order chi connectivity index (χ0) is 18.7. The largest absolute Gasteiger partial charge is 0.497 e. The van der Waals surface area contributed by atoms with Crippen molar-refractivity contribution in [2.45, 2.75) is 13.5 Å². The summed E-state index contributed by atoms with van der Waals surface area (Å²) in [5.74, 6) is 0.117. The Balaban J connectivity index is 2.16. The number of methoxy groups -OCH3 is 1. The van der Waals surface area contributed by atoms with Crippen LogP contribution in [0.1, 0.15) is 22.8 Å². The Morgan fingerprint density at radius 1 is 1.15 bits per heavy atom. The third-order valence-electron chi connectivity index (χ3n) is 4.06. The van der Waals surface area contributed by atoms with E-state index in [0.717, 1.165) is 11.3 Å². The summed E-state index contributed by atoms with van der Waals surface area (Å²) in [6, 6.07) is 12.6. The number of carbonyl (C=O) groups excluding carboxylic acids is 1. The highest BCUT2D eigenvalue weighted by molar-refractivity contribution is 6.35. The van der Waals surface area contributed by atoms with E-state index in [1.807, 2.05) is 24.3 Å². The number of fused-ring (bicyclic) bond motifs is 1. The molecular weight excluding hydrogens is 354 g/mol. The lowest BCUT2D eigenvalue weighted by molar-refractivity contribution is 0.0524. The number of halogens is 1. The highest BCUT2D eigenvalue weighted by Crippen LogP contribution is 2.23. The fourth-order valence-corrected chi connectivity index (χ4v) is 3.10. The quantitative estimate of drug-likeness (QED) is 0.638. The number of hydrogen-bond acceptors (Lipinski definition) is 4. The minimum Gasteiger partial charge on any atom is -0.497 e. The average molecular weight is 372 g/mol. The van der Waals surface area contributed by atoms with Crippen LogP contribution in [-0.4, -0.2) is 24.3 Å². The lowest BCUT2D eigenvalue weighted by Crippen LogP contribution is -2.21. The molecule has 26 heavy (non-hydrogen) atoms. The standard InChI is InChI=1S/C20H18ClNO4/c1-3-26-20(24)16-12-22(11-13-7-9-14(25-2)10-8-13)18-15(19(16)23)5-4-6-17(18)21/h4-10,12H,3,11H2,1-2H3. The molecule has 0 saturated heterocycles. The van der Waals surface area contributed by atoms with E-state index in [1.54, 1.807) is 36.8 Å². The Kier molecular flexibility index (Phi) is 5.28. The molecule has 0 saturated carbocycles. The van der Waals surface area contributed by atoms with Crippen molar-refractivity contribution < 1.29 is 14.3 Å². The molecule has 0 unspecified atom stereocenters. The van der Waals surface area contributed by atoms with E-state index in [9.17, 15) is 9.59 Å². The number of rotatable bonds is 5. The molecule has 0 radical (unpaired) electrons. The molecule has 0 atom stereocenters. The average Bonchev–Trinajstić information content (AvgIpc) is 2.65. The van der Waals surface area contributed by atoms with Crippen LogP contribution in [-0.2, 0) is 11.3 Å². The molecule has 1 aromatic heterocycles. The third-order valence-corrected chi connectivity index (χ3v) is 4.36. The predicted molar refractivity (Wildman–Crippen MR) is 101 cm³/mol. The summed E-state index contributed by atoms with van der Waals surface area (Å²) in [5.41, 5.74) is 1.18. The second-order valence-corrected chi connectivity index (χ2v) is 6.11. The summed E-state index contributed by atoms with van der Waals surface area (Å²) < 4.78 is 12.0. The van der Waals surface area contributed by atoms with Gasteiger partial charge in [0.2, 0.25) is 5.43 Å². The van der Waals surface area contributed by atoms with E-state index >= 15 is 0 Å². The van der Waals surface area contributed by atoms with Crippen LogP contribution in [0.15, 0.2) is 53.5 Å². The van der Waals surface area contributed by atoms with E-state index < -0.39 is 5.97 Å². The van der Waals surface area contributed by atoms with Crippen molar-refractivity contribution in [3.8, 4) is 5.75 Å². The number of pyridine rings is 1. The number of aromatic nitrogens is 1. The summed E-state index contributed by atoms with van der Waals surface area (Å²) in [5, 5.41) is 0.833. The third kappa shape index (κ3) is 3.44. The van der Waals surface area contributed by atoms with Gasteiger partial charge in [-0.05, 0) is 36.8 Å². The Hall–Kier alpha value is -2.79. The number of para-hydroxylation sites is 1. The molecule has 0 aliphatic rings. The van der Waals surface area contributed by atoms with E-state index in [0.29, 0.717) is 22.5 Å². The van der Waals surface area contributed by atoms with Crippen LogP contribution >= 0.6 is 11.6 Å². The minimum absolute atomic E-state index is 0.00451. The van der Waals surface area contributed by atoms with Crippen molar-refractivity contribution in [1.82, 2.24) is 4.57 Å². The van der Waals surface area contributed by atoms with Crippen LogP contribution in [0, 0.1) is 0 Å². The lowest BCUT2D eigenvalue weighted by atomic mass is 10.1. The first-order valence-corrected chi connectivity index (χ1v) is 8.54. The molecule has 0 amide bonds. The predicted octanol–water partition coefficient (Wildman–Crippen LogP) is 3.89. The first-order valence-electron chi connectivity index (χ1n) is 8.17. The second kappa shape index (κ2) is 7.62. The van der Waals surface area contributed by atoms with Gasteiger partial charge in [-0.1, -0.05) is 29.8 Å². The van der Waals surface area contributed by atoms with Gasteiger partial charge in [0.1, 0.15) is 11.3 Å². The van der Waals surface area contributed by atoms with Gasteiger partial charge in [-0.15, -0.1) is 0 Å². The van der Waals surface area contributed by atoms with Crippen LogP contribution in [0.25, 0.3) is 10.9 Å². The molecule has 6 heteroatoms. The van der Waals surface area contributed by atoms with E-state index in [-0.39, 0.29) is 17.6 Å². The van der Waals surface area contributed by atoms with Gasteiger partial charge in [0, 0.05) is 18.1 Å². The van der Waals surface area contributed by atoms with Gasteiger partial charge in [0.25, 0.3) is 0 Å². The number of hydrogen-bond donors (Lipinski definition) is 0. The SMILES string of the molecule is CCOC(=O)c1cn(Cc2ccc(OC)cc2)c2c(Cl)cccc2c1=O. The smallest absolute Gasteiger partial charge is 0.343 e. The zero-order valence-corrected chi connectivity index (χ0v) is 15.2. The molecule has 3 aromatic rings. The van der Waals surface area contributed by atoms with E-state index in [2.05, 4.69) is 0 Å². The lowest BCUT2D eigenvalue weighted by Gasteiger charge is -2.14. The molecule has 0 N–H and O–H groups in total. The van der Waals surface area contributed by atoms with Gasteiger partial charge < -0.3 is 14.0 Å². The summed E-state index contributed by atoms with van der Waals surface area (Å²) >= 11 is 6.35. The first kappa shape index (κ1) is 18.0. The monoisotopic (exact) mass is 371 g/mol. The van der Waals surface area contributed by atoms with E-state index in [4.69, 9.17) is 21.1 Å². The van der Waals surface area contributed by atoms with Crippen molar-refractivity contribution >= 4 is 28.5 Å². The maximum Gasteiger partial charge on any atom is 0.343 e. The Bertz CT molecular complexity index is 1010. The van der Waals surface area contributed by atoms with Gasteiger partial charge in [0.05, 0.1) is 24.3 Å². The molecule has 3 rings (SSSR count). The van der Waals surface area contributed by atoms with Crippen LogP contribution < -0.4 is 10.2 Å². The number of benzene rings is 2. The van der Waals surface area contributed by atoms with Gasteiger partial charge in [-0.2, -0.15) is 0 Å². The topological polar surface area (TPSA) is 57.5 Å². The molecule has 5 nitrogen and oxygen atoms in total. The van der Waals surface area contributed by atoms with Gasteiger partial charge in [-0.3, -0.25) is 4.79 Å². The van der Waals surface area contributed by atoms with Crippen molar-refractivity contribution in [2.24, 2.45) is 0 Å². The highest BCUT2D eigenvalue weighted by atomic mass is 35.5. The number of esters is 1. The second-order valence-electron chi connectivity index (χ2n) is 5.70. The maximum absolute atomic E-state index is 12.7. The first-order chi connectivity index (χ1) is 12.5. The fourth-order valence-electron chi connectivity index (χ4n) is 2.82. The molecule has 1 heterocycles. The van der Waals surface area contributed by atoms with Crippen molar-refractivity contribution in [2.75, 3.05) is 13.7 Å². The normalized spacial score (nSPS) is 10.7. The fraction of sp³-hybridized carbons (Fsp3) is 0.200. The molecule has 134 valence electrons. The Morgan fingerprint density at radius 2 is 1.88 bits per heavy atom. The highest BCUT2D eigenvalue weighted by Gasteiger charge is 2.18. The molecular formula is C20H18ClNO4. The summed E-state index contributed by atoms with van der Waals surface area (Å²) in [6.45, 7) is 2.34. The summed E-state index contributed by atoms with van der Waals surface area (Å²) in [7, 11) is 1.61. The molecule has 0 aliphatic carbocycles. The summed E-state index contributed by atoms with van der Waals surface area (Å²) in [6.07, 6.45) is 1.51. The van der Waals surface area contributed by atoms with Crippen LogP contribution in [0.2, 0.25) is 5.02 Å². The number of ether oxygens (including phenoxy) is 2. The van der Waals surface area contributed by atoms with Crippen molar-refractivity contribution in [1.29, 1.82) is 0 Å². The minimum atomic E-state index is -0.636. The van der Waals surface area contributed by atoms with Gasteiger partial charge >= 0.3 is 5.97 Å². The Labute approximate surface area is 155 Å². The van der Waals surface area contributed by atoms with E-state index in [1.165, 1.54) is 6.20 Å². The van der Waals surface area contributed by atoms with Crippen LogP contribution in [0.3, 0.4) is 0 Å². The number of nitrogens with zero attached hydrogens (tertiary/aromatic N) is 1. The van der Waals surface area contributed by atoms with Gasteiger partial charge in [-0.25, -0.2) is 4.79 Å². The number of carbonyl (C=O) groups is 1. The Morgan fingerprint density at radius 3 is 2.54 bits per heavy atom. The van der Waals surface area contributed by atoms with Crippen molar-refractivity contribution in [3.05, 3.63) is 75.0 Å². The molecule has 0 fully saturated rings.